The molecule has 3 heterocycles. The van der Waals surface area contributed by atoms with E-state index in [-0.39, 0.29) is 0 Å². The van der Waals surface area contributed by atoms with Crippen LogP contribution in [0, 0.1) is 0 Å². The average molecular weight is 677 g/mol. The van der Waals surface area contributed by atoms with Crippen molar-refractivity contribution in [2.24, 2.45) is 0 Å². The van der Waals surface area contributed by atoms with Gasteiger partial charge in [0.25, 0.3) is 0 Å². The number of ether oxygens (including phenoxy) is 6. The van der Waals surface area contributed by atoms with Crippen molar-refractivity contribution in [1.82, 2.24) is 0 Å². The van der Waals surface area contributed by atoms with Crippen molar-refractivity contribution in [3.05, 3.63) is 36.0 Å². The largest absolute Gasteiger partial charge is 0.388 e. The molecule has 0 spiro atoms. The Morgan fingerprint density at radius 3 is 1.85 bits per heavy atom. The first-order valence-electron chi connectivity index (χ1n) is 16.3. The molecule has 0 aromatic rings. The van der Waals surface area contributed by atoms with Crippen LogP contribution in [0.5, 0.6) is 0 Å². The molecule has 0 aliphatic carbocycles. The topological polar surface area (TPSA) is 217 Å². The first-order valence-corrected chi connectivity index (χ1v) is 16.3. The Labute approximate surface area is 276 Å². The van der Waals surface area contributed by atoms with Gasteiger partial charge in [0.05, 0.1) is 24.4 Å². The van der Waals surface area contributed by atoms with E-state index in [4.69, 9.17) is 28.4 Å². The van der Waals surface area contributed by atoms with Gasteiger partial charge >= 0.3 is 0 Å². The minimum atomic E-state index is -1.70. The molecule has 14 heteroatoms. The highest BCUT2D eigenvalue weighted by molar-refractivity contribution is 5.05. The van der Waals surface area contributed by atoms with E-state index in [1.54, 1.807) is 13.0 Å². The monoisotopic (exact) mass is 676 g/mol. The maximum absolute atomic E-state index is 11.3. The Hall–Kier alpha value is -1.34. The predicted molar refractivity (Wildman–Crippen MR) is 168 cm³/mol. The molecule has 0 saturated carbocycles. The number of hydrogen-bond acceptors (Lipinski definition) is 14. The minimum Gasteiger partial charge on any atom is -0.388 e. The lowest BCUT2D eigenvalue weighted by Crippen LogP contribution is -2.65. The molecule has 47 heavy (non-hydrogen) atoms. The first-order chi connectivity index (χ1) is 22.0. The van der Waals surface area contributed by atoms with Crippen molar-refractivity contribution >= 4 is 0 Å². The van der Waals surface area contributed by atoms with Crippen molar-refractivity contribution in [1.29, 1.82) is 0 Å². The van der Waals surface area contributed by atoms with E-state index in [1.165, 1.54) is 25.0 Å². The van der Waals surface area contributed by atoms with Crippen LogP contribution >= 0.6 is 0 Å². The van der Waals surface area contributed by atoms with Gasteiger partial charge < -0.3 is 69.3 Å². The van der Waals surface area contributed by atoms with Gasteiger partial charge in [-0.05, 0) is 67.2 Å². The van der Waals surface area contributed by atoms with E-state index in [0.717, 1.165) is 12.8 Å². The second-order valence-electron chi connectivity index (χ2n) is 13.4. The Morgan fingerprint density at radius 2 is 1.28 bits per heavy atom. The fourth-order valence-corrected chi connectivity index (χ4v) is 5.67. The second-order valence-corrected chi connectivity index (χ2v) is 13.4. The maximum Gasteiger partial charge on any atom is 0.188 e. The summed E-state index contributed by atoms with van der Waals surface area (Å²) in [5.41, 5.74) is 1.42. The van der Waals surface area contributed by atoms with Crippen LogP contribution in [0.3, 0.4) is 0 Å². The van der Waals surface area contributed by atoms with Crippen LogP contribution in [0.15, 0.2) is 36.0 Å². The highest BCUT2D eigenvalue weighted by atomic mass is 16.8. The van der Waals surface area contributed by atoms with E-state index in [1.807, 2.05) is 0 Å². The van der Waals surface area contributed by atoms with Crippen molar-refractivity contribution in [2.45, 2.75) is 165 Å². The molecular weight excluding hydrogens is 620 g/mol. The molecule has 14 nitrogen and oxygen atoms in total. The van der Waals surface area contributed by atoms with E-state index in [9.17, 15) is 40.9 Å². The van der Waals surface area contributed by atoms with Gasteiger partial charge in [0, 0.05) is 0 Å². The summed E-state index contributed by atoms with van der Waals surface area (Å²) in [4.78, 5) is 0. The summed E-state index contributed by atoms with van der Waals surface area (Å²) in [5, 5.41) is 83.9. The predicted octanol–water partition coefficient (Wildman–Crippen LogP) is -0.0759. The van der Waals surface area contributed by atoms with Gasteiger partial charge in [-0.2, -0.15) is 0 Å². The molecule has 0 bridgehead atoms. The standard InChI is InChI=1S/C33H56O14/c1-8-33(7,14-10-13-17(4)12-9-11-16(2)3)47-32-29(46-31-28(41)25(38)22(35)19(6)44-31)26(39)23(36)20(45-32)15-42-30-27(40)24(37)21(34)18(5)43-30/h8,11,13,18-32,34-41H,1,9-10,12,14-15H2,2-7H3. The molecule has 8 N–H and O–H groups in total. The van der Waals surface area contributed by atoms with Crippen molar-refractivity contribution < 1.29 is 69.3 Å². The lowest BCUT2D eigenvalue weighted by atomic mass is 9.95. The van der Waals surface area contributed by atoms with Gasteiger partial charge in [0.2, 0.25) is 0 Å². The van der Waals surface area contributed by atoms with Gasteiger partial charge in [-0.3, -0.25) is 0 Å². The Bertz CT molecular complexity index is 1050. The van der Waals surface area contributed by atoms with E-state index >= 15 is 0 Å². The lowest BCUT2D eigenvalue weighted by molar-refractivity contribution is -0.377. The van der Waals surface area contributed by atoms with Crippen LogP contribution in [0.1, 0.15) is 67.2 Å². The van der Waals surface area contributed by atoms with Crippen LogP contribution in [-0.4, -0.2) is 145 Å². The van der Waals surface area contributed by atoms with Crippen LogP contribution in [-0.2, 0) is 28.4 Å². The zero-order valence-electron chi connectivity index (χ0n) is 28.2. The highest BCUT2D eigenvalue weighted by Gasteiger charge is 2.52. The molecule has 272 valence electrons. The first kappa shape index (κ1) is 40.1. The molecule has 0 aromatic heterocycles. The molecule has 3 rings (SSSR count). The quantitative estimate of drug-likeness (QED) is 0.113. The molecule has 3 aliphatic heterocycles. The van der Waals surface area contributed by atoms with Crippen LogP contribution < -0.4 is 0 Å². The van der Waals surface area contributed by atoms with Crippen LogP contribution in [0.4, 0.5) is 0 Å². The number of aliphatic hydroxyl groups is 8. The van der Waals surface area contributed by atoms with E-state index < -0.39 is 104 Å². The number of rotatable bonds is 14. The van der Waals surface area contributed by atoms with Gasteiger partial charge in [-0.15, -0.1) is 6.58 Å². The molecule has 3 saturated heterocycles. The fourth-order valence-electron chi connectivity index (χ4n) is 5.67. The third-order valence-corrected chi connectivity index (χ3v) is 9.02. The van der Waals surface area contributed by atoms with Gasteiger partial charge in [0.1, 0.15) is 61.0 Å². The average Bonchev–Trinajstić information content (AvgIpc) is 3.02. The van der Waals surface area contributed by atoms with Crippen molar-refractivity contribution in [3.8, 4) is 0 Å². The molecule has 3 fully saturated rings. The van der Waals surface area contributed by atoms with E-state index in [0.29, 0.717) is 12.8 Å². The third-order valence-electron chi connectivity index (χ3n) is 9.02. The van der Waals surface area contributed by atoms with Crippen LogP contribution in [0.25, 0.3) is 0 Å². The molecular formula is C33H56O14. The lowest BCUT2D eigenvalue weighted by Gasteiger charge is -2.47. The van der Waals surface area contributed by atoms with Gasteiger partial charge in [0.15, 0.2) is 18.9 Å². The van der Waals surface area contributed by atoms with Gasteiger partial charge in [-0.1, -0.05) is 29.4 Å². The summed E-state index contributed by atoms with van der Waals surface area (Å²) < 4.78 is 35.0. The minimum absolute atomic E-state index is 0.440. The highest BCUT2D eigenvalue weighted by Crippen LogP contribution is 2.34. The SMILES string of the molecule is C=CC(C)(CCC=C(C)CCC=C(C)C)OC1OC(COC2OC(C)C(O)C(O)C2O)C(O)C(O)C1OC1OC(C)C(O)C(O)C1O. The maximum atomic E-state index is 11.3. The number of aliphatic hydroxyl groups excluding tert-OH is 8. The summed E-state index contributed by atoms with van der Waals surface area (Å²) in [6.07, 6.45) is -12.6. The van der Waals surface area contributed by atoms with Crippen molar-refractivity contribution in [3.63, 3.8) is 0 Å². The normalized spacial score (nSPS) is 42.9. The van der Waals surface area contributed by atoms with E-state index in [2.05, 4.69) is 39.5 Å². The second kappa shape index (κ2) is 17.5. The zero-order chi connectivity index (χ0) is 35.2. The van der Waals surface area contributed by atoms with Gasteiger partial charge in [-0.25, -0.2) is 0 Å². The number of hydrogen-bond donors (Lipinski definition) is 8. The fraction of sp³-hybridized carbons (Fsp3) is 0.818. The van der Waals surface area contributed by atoms with Crippen LogP contribution in [0.2, 0.25) is 0 Å². The molecule has 0 radical (unpaired) electrons. The van der Waals surface area contributed by atoms with Crippen molar-refractivity contribution in [2.75, 3.05) is 6.61 Å². The third kappa shape index (κ3) is 10.3. The Kier molecular flexibility index (Phi) is 15.0. The molecule has 0 aromatic carbocycles. The smallest absolute Gasteiger partial charge is 0.188 e. The summed E-state index contributed by atoms with van der Waals surface area (Å²) in [5.74, 6) is 0. The number of allylic oxidation sites excluding steroid dienone is 4. The summed E-state index contributed by atoms with van der Waals surface area (Å²) in [6.45, 7) is 14.4. The Morgan fingerprint density at radius 1 is 0.702 bits per heavy atom. The Balaban J connectivity index is 1.79. The summed E-state index contributed by atoms with van der Waals surface area (Å²) >= 11 is 0. The summed E-state index contributed by atoms with van der Waals surface area (Å²) in [7, 11) is 0. The zero-order valence-corrected chi connectivity index (χ0v) is 28.2. The molecule has 3 aliphatic rings. The molecule has 0 amide bonds. The molecule has 16 unspecified atom stereocenters. The summed E-state index contributed by atoms with van der Waals surface area (Å²) in [6, 6.07) is 0. The molecule has 16 atom stereocenters.